The van der Waals surface area contributed by atoms with Crippen LogP contribution in [0.3, 0.4) is 0 Å². The fourth-order valence-electron chi connectivity index (χ4n) is 2.82. The predicted molar refractivity (Wildman–Crippen MR) is 105 cm³/mol. The molecule has 4 aromatic rings. The first-order valence-corrected chi connectivity index (χ1v) is 8.53. The predicted octanol–water partition coefficient (Wildman–Crippen LogP) is 3.19. The number of nitrogens with one attached hydrogen (secondary N) is 1. The molecule has 3 aromatic carbocycles. The quantitative estimate of drug-likeness (QED) is 0.498. The lowest BCUT2D eigenvalue weighted by molar-refractivity contribution is 0.475. The lowest BCUT2D eigenvalue weighted by Crippen LogP contribution is -2.32. The Morgan fingerprint density at radius 2 is 1.85 bits per heavy atom. The van der Waals surface area contributed by atoms with Crippen LogP contribution in [0, 0.1) is 0 Å². The summed E-state index contributed by atoms with van der Waals surface area (Å²) in [6.45, 7) is 0. The van der Waals surface area contributed by atoms with Crippen LogP contribution in [0.5, 0.6) is 5.75 Å². The third kappa shape index (κ3) is 2.72. The minimum atomic E-state index is -0.646. The summed E-state index contributed by atoms with van der Waals surface area (Å²) in [5.41, 5.74) is -0.295. The van der Waals surface area contributed by atoms with E-state index in [1.54, 1.807) is 36.4 Å². The van der Waals surface area contributed by atoms with E-state index in [2.05, 4.69) is 26.0 Å². The maximum absolute atomic E-state index is 12.5. The second kappa shape index (κ2) is 6.27. The Kier molecular flexibility index (Phi) is 3.93. The summed E-state index contributed by atoms with van der Waals surface area (Å²) in [6, 6.07) is 15.6. The highest BCUT2D eigenvalue weighted by Crippen LogP contribution is 2.28. The van der Waals surface area contributed by atoms with Crippen molar-refractivity contribution in [3.8, 4) is 5.75 Å². The highest BCUT2D eigenvalue weighted by Gasteiger charge is 2.08. The number of fused-ring (bicyclic) bond motifs is 2. The standard InChI is InChI=1S/C19H12BrN3O3/c20-12-6-7-13-11(9-12)5-8-17(24)15(13)10-21-23-18(25)14-3-1-2-4-16(14)22-19(23)26/h1-10,24H,(H,22,26). The molecule has 0 bridgehead atoms. The van der Waals surface area contributed by atoms with Gasteiger partial charge in [-0.3, -0.25) is 4.79 Å². The smallest absolute Gasteiger partial charge is 0.349 e. The first-order valence-electron chi connectivity index (χ1n) is 7.74. The van der Waals surface area contributed by atoms with E-state index in [0.29, 0.717) is 16.5 Å². The largest absolute Gasteiger partial charge is 0.507 e. The van der Waals surface area contributed by atoms with Gasteiger partial charge in [0.15, 0.2) is 0 Å². The van der Waals surface area contributed by atoms with Gasteiger partial charge in [-0.2, -0.15) is 5.10 Å². The summed E-state index contributed by atoms with van der Waals surface area (Å²) in [7, 11) is 0. The van der Waals surface area contributed by atoms with Gasteiger partial charge in [-0.25, -0.2) is 4.79 Å². The number of benzene rings is 3. The summed E-state index contributed by atoms with van der Waals surface area (Å²) >= 11 is 3.41. The van der Waals surface area contributed by atoms with Crippen molar-refractivity contribution in [2.24, 2.45) is 5.10 Å². The molecule has 7 heteroatoms. The Morgan fingerprint density at radius 1 is 1.04 bits per heavy atom. The van der Waals surface area contributed by atoms with Crippen molar-refractivity contribution in [1.82, 2.24) is 9.66 Å². The second-order valence-electron chi connectivity index (χ2n) is 5.70. The average Bonchev–Trinajstić information content (AvgIpc) is 2.63. The summed E-state index contributed by atoms with van der Waals surface area (Å²) in [4.78, 5) is 27.3. The van der Waals surface area contributed by atoms with Crippen molar-refractivity contribution in [3.63, 3.8) is 0 Å². The van der Waals surface area contributed by atoms with E-state index in [-0.39, 0.29) is 5.75 Å². The van der Waals surface area contributed by atoms with E-state index in [0.717, 1.165) is 19.9 Å². The van der Waals surface area contributed by atoms with Gasteiger partial charge >= 0.3 is 5.69 Å². The zero-order valence-corrected chi connectivity index (χ0v) is 14.9. The summed E-state index contributed by atoms with van der Waals surface area (Å²) in [5, 5.41) is 16.2. The fourth-order valence-corrected chi connectivity index (χ4v) is 3.20. The SMILES string of the molecule is O=c1[nH]c2ccccc2c(=O)n1N=Cc1c(O)ccc2cc(Br)ccc12. The molecule has 1 aromatic heterocycles. The molecule has 0 unspecified atom stereocenters. The van der Waals surface area contributed by atoms with Gasteiger partial charge in [0.1, 0.15) is 5.75 Å². The number of halogens is 1. The van der Waals surface area contributed by atoms with E-state index in [9.17, 15) is 14.7 Å². The van der Waals surface area contributed by atoms with Gasteiger partial charge in [0.05, 0.1) is 17.1 Å². The molecular weight excluding hydrogens is 398 g/mol. The second-order valence-corrected chi connectivity index (χ2v) is 6.62. The van der Waals surface area contributed by atoms with Crippen LogP contribution in [0.25, 0.3) is 21.7 Å². The van der Waals surface area contributed by atoms with Gasteiger partial charge in [0, 0.05) is 10.0 Å². The number of para-hydroxylation sites is 1. The monoisotopic (exact) mass is 409 g/mol. The third-order valence-electron chi connectivity index (χ3n) is 4.09. The molecule has 0 atom stereocenters. The first kappa shape index (κ1) is 16.3. The third-order valence-corrected chi connectivity index (χ3v) is 4.58. The molecule has 2 N–H and O–H groups in total. The zero-order valence-electron chi connectivity index (χ0n) is 13.3. The number of hydrogen-bond acceptors (Lipinski definition) is 4. The van der Waals surface area contributed by atoms with Crippen molar-refractivity contribution in [3.05, 3.63) is 85.5 Å². The number of hydrogen-bond donors (Lipinski definition) is 2. The Balaban J connectivity index is 1.91. The van der Waals surface area contributed by atoms with E-state index in [1.165, 1.54) is 6.21 Å². The lowest BCUT2D eigenvalue weighted by Gasteiger charge is -2.06. The molecule has 128 valence electrons. The summed E-state index contributed by atoms with van der Waals surface area (Å²) in [5.74, 6) is 0.00818. The number of aromatic nitrogens is 2. The molecule has 26 heavy (non-hydrogen) atoms. The van der Waals surface area contributed by atoms with E-state index in [4.69, 9.17) is 0 Å². The van der Waals surface area contributed by atoms with Crippen molar-refractivity contribution >= 4 is 43.8 Å². The first-order chi connectivity index (χ1) is 12.5. The summed E-state index contributed by atoms with van der Waals surface area (Å²) in [6.07, 6.45) is 1.32. The highest BCUT2D eigenvalue weighted by atomic mass is 79.9. The maximum Gasteiger partial charge on any atom is 0.349 e. The lowest BCUT2D eigenvalue weighted by atomic mass is 10.0. The van der Waals surface area contributed by atoms with Crippen LogP contribution in [0.1, 0.15) is 5.56 Å². The highest BCUT2D eigenvalue weighted by molar-refractivity contribution is 9.10. The van der Waals surface area contributed by atoms with Crippen LogP contribution in [0.4, 0.5) is 0 Å². The van der Waals surface area contributed by atoms with Gasteiger partial charge in [0.2, 0.25) is 0 Å². The minimum Gasteiger partial charge on any atom is -0.507 e. The summed E-state index contributed by atoms with van der Waals surface area (Å²) < 4.78 is 1.65. The van der Waals surface area contributed by atoms with Gasteiger partial charge < -0.3 is 10.1 Å². The molecule has 0 saturated heterocycles. The van der Waals surface area contributed by atoms with Crippen molar-refractivity contribution < 1.29 is 5.11 Å². The molecule has 0 fully saturated rings. The topological polar surface area (TPSA) is 87.5 Å². The van der Waals surface area contributed by atoms with Crippen LogP contribution in [-0.4, -0.2) is 21.0 Å². The molecule has 0 amide bonds. The van der Waals surface area contributed by atoms with Crippen LogP contribution >= 0.6 is 15.9 Å². The van der Waals surface area contributed by atoms with E-state index in [1.807, 2.05) is 18.2 Å². The zero-order chi connectivity index (χ0) is 18.3. The maximum atomic E-state index is 12.5. The Hall–Kier alpha value is -3.19. The Bertz CT molecular complexity index is 1310. The van der Waals surface area contributed by atoms with Gasteiger partial charge in [-0.15, -0.1) is 4.68 Å². The van der Waals surface area contributed by atoms with Crippen LogP contribution in [0.2, 0.25) is 0 Å². The van der Waals surface area contributed by atoms with Crippen molar-refractivity contribution in [2.75, 3.05) is 0 Å². The number of rotatable bonds is 2. The van der Waals surface area contributed by atoms with Gasteiger partial charge in [-0.1, -0.05) is 40.2 Å². The molecule has 0 aliphatic rings. The average molecular weight is 410 g/mol. The molecule has 0 radical (unpaired) electrons. The van der Waals surface area contributed by atoms with Gasteiger partial charge in [0.25, 0.3) is 5.56 Å². The van der Waals surface area contributed by atoms with Crippen molar-refractivity contribution in [1.29, 1.82) is 0 Å². The van der Waals surface area contributed by atoms with Crippen LogP contribution < -0.4 is 11.2 Å². The number of H-pyrrole nitrogens is 1. The normalized spacial score (nSPS) is 11.6. The van der Waals surface area contributed by atoms with E-state index >= 15 is 0 Å². The Labute approximate surface area is 155 Å². The molecular formula is C19H12BrN3O3. The molecule has 0 aliphatic heterocycles. The molecule has 1 heterocycles. The molecule has 0 saturated carbocycles. The fraction of sp³-hybridized carbons (Fsp3) is 0. The number of nitrogens with zero attached hydrogens (tertiary/aromatic N) is 2. The van der Waals surface area contributed by atoms with Gasteiger partial charge in [-0.05, 0) is 41.1 Å². The van der Waals surface area contributed by atoms with E-state index < -0.39 is 11.2 Å². The molecule has 0 spiro atoms. The van der Waals surface area contributed by atoms with Crippen LogP contribution in [0.15, 0.2) is 73.8 Å². The van der Waals surface area contributed by atoms with Crippen molar-refractivity contribution in [2.45, 2.75) is 0 Å². The molecule has 4 rings (SSSR count). The molecule has 6 nitrogen and oxygen atoms in total. The number of aromatic amines is 1. The molecule has 0 aliphatic carbocycles. The number of phenols is 1. The van der Waals surface area contributed by atoms with Crippen LogP contribution in [-0.2, 0) is 0 Å². The Morgan fingerprint density at radius 3 is 2.69 bits per heavy atom. The minimum absolute atomic E-state index is 0.00818. The number of phenolic OH excluding ortho intramolecular Hbond substituents is 1. The number of aromatic hydroxyl groups is 1.